The number of fused-ring (bicyclic) bond motifs is 2. The van der Waals surface area contributed by atoms with Crippen LogP contribution in [0.15, 0.2) is 18.2 Å². The van der Waals surface area contributed by atoms with E-state index in [0.29, 0.717) is 11.8 Å². The maximum atomic E-state index is 12.5. The zero-order valence-corrected chi connectivity index (χ0v) is 13.2. The van der Waals surface area contributed by atoms with Crippen LogP contribution in [-0.4, -0.2) is 11.9 Å². The molecule has 2 aliphatic rings. The van der Waals surface area contributed by atoms with Gasteiger partial charge in [-0.05, 0) is 84.4 Å². The van der Waals surface area contributed by atoms with E-state index in [1.807, 2.05) is 19.1 Å². The number of aryl methyl sites for hydroxylation is 1. The van der Waals surface area contributed by atoms with Crippen LogP contribution in [0.3, 0.4) is 0 Å². The third-order valence-electron chi connectivity index (χ3n) is 4.73. The number of nitrogens with two attached hydrogens (primary N) is 1. The average molecular weight is 370 g/mol. The van der Waals surface area contributed by atoms with Crippen molar-refractivity contribution in [3.05, 3.63) is 27.3 Å². The molecule has 4 atom stereocenters. The van der Waals surface area contributed by atoms with Crippen molar-refractivity contribution in [2.75, 3.05) is 5.32 Å². The molecule has 19 heavy (non-hydrogen) atoms. The van der Waals surface area contributed by atoms with E-state index in [4.69, 9.17) is 5.73 Å². The van der Waals surface area contributed by atoms with Gasteiger partial charge in [-0.1, -0.05) is 0 Å². The van der Waals surface area contributed by atoms with Crippen molar-refractivity contribution in [2.24, 2.45) is 23.5 Å². The number of carbonyl (C=O) groups excluding carboxylic acids is 1. The van der Waals surface area contributed by atoms with Gasteiger partial charge >= 0.3 is 0 Å². The molecule has 1 amide bonds. The van der Waals surface area contributed by atoms with Gasteiger partial charge in [0, 0.05) is 15.3 Å². The summed E-state index contributed by atoms with van der Waals surface area (Å²) >= 11 is 2.28. The Morgan fingerprint density at radius 2 is 2.11 bits per heavy atom. The summed E-state index contributed by atoms with van der Waals surface area (Å²) in [6.07, 6.45) is 3.52. The molecule has 1 aromatic rings. The number of rotatable bonds is 2. The number of carbonyl (C=O) groups is 1. The number of benzene rings is 1. The van der Waals surface area contributed by atoms with Gasteiger partial charge < -0.3 is 11.1 Å². The first-order valence-electron chi connectivity index (χ1n) is 6.89. The lowest BCUT2D eigenvalue weighted by Crippen LogP contribution is -2.42. The highest BCUT2D eigenvalue weighted by Crippen LogP contribution is 2.47. The normalized spacial score (nSPS) is 32.6. The van der Waals surface area contributed by atoms with Crippen molar-refractivity contribution in [1.29, 1.82) is 0 Å². The van der Waals surface area contributed by atoms with E-state index >= 15 is 0 Å². The summed E-state index contributed by atoms with van der Waals surface area (Å²) in [4.78, 5) is 12.5. The van der Waals surface area contributed by atoms with Crippen LogP contribution in [0.5, 0.6) is 0 Å². The number of hydrogen-bond acceptors (Lipinski definition) is 2. The lowest BCUT2D eigenvalue weighted by molar-refractivity contribution is -0.121. The van der Waals surface area contributed by atoms with E-state index in [2.05, 4.69) is 34.0 Å². The molecule has 3 N–H and O–H groups in total. The van der Waals surface area contributed by atoms with Crippen LogP contribution in [0.1, 0.15) is 24.8 Å². The Labute approximate surface area is 127 Å². The highest BCUT2D eigenvalue weighted by molar-refractivity contribution is 14.1. The maximum absolute atomic E-state index is 12.5. The highest BCUT2D eigenvalue weighted by atomic mass is 127. The Morgan fingerprint density at radius 1 is 1.37 bits per heavy atom. The van der Waals surface area contributed by atoms with Crippen LogP contribution in [-0.2, 0) is 4.79 Å². The fourth-order valence-electron chi connectivity index (χ4n) is 3.71. The van der Waals surface area contributed by atoms with Gasteiger partial charge in [0.05, 0.1) is 5.92 Å². The average Bonchev–Trinajstić information content (AvgIpc) is 2.93. The molecule has 4 heteroatoms. The molecule has 2 fully saturated rings. The summed E-state index contributed by atoms with van der Waals surface area (Å²) in [5, 5.41) is 3.07. The van der Waals surface area contributed by atoms with Crippen LogP contribution in [0.4, 0.5) is 5.69 Å². The van der Waals surface area contributed by atoms with E-state index in [9.17, 15) is 4.79 Å². The molecule has 3 rings (SSSR count). The summed E-state index contributed by atoms with van der Waals surface area (Å²) < 4.78 is 1.18. The summed E-state index contributed by atoms with van der Waals surface area (Å²) in [5.74, 6) is 1.20. The zero-order valence-electron chi connectivity index (χ0n) is 11.0. The Hall–Kier alpha value is -0.620. The Morgan fingerprint density at radius 3 is 2.74 bits per heavy atom. The third-order valence-corrected chi connectivity index (χ3v) is 5.40. The second-order valence-electron chi connectivity index (χ2n) is 5.88. The van der Waals surface area contributed by atoms with Crippen LogP contribution in [0.25, 0.3) is 0 Å². The molecule has 1 aromatic carbocycles. The van der Waals surface area contributed by atoms with Gasteiger partial charge in [-0.3, -0.25) is 4.79 Å². The van der Waals surface area contributed by atoms with Crippen LogP contribution >= 0.6 is 22.6 Å². The van der Waals surface area contributed by atoms with Crippen LogP contribution in [0, 0.1) is 28.2 Å². The molecule has 4 unspecified atom stereocenters. The Balaban J connectivity index is 1.75. The van der Waals surface area contributed by atoms with Crippen molar-refractivity contribution in [3.8, 4) is 0 Å². The fraction of sp³-hybridized carbons (Fsp3) is 0.533. The molecule has 0 aromatic heterocycles. The molecule has 2 aliphatic carbocycles. The largest absolute Gasteiger partial charge is 0.327 e. The fourth-order valence-corrected chi connectivity index (χ4v) is 4.36. The van der Waals surface area contributed by atoms with E-state index in [1.54, 1.807) is 0 Å². The van der Waals surface area contributed by atoms with Crippen LogP contribution in [0.2, 0.25) is 0 Å². The van der Waals surface area contributed by atoms with Crippen molar-refractivity contribution < 1.29 is 4.79 Å². The van der Waals surface area contributed by atoms with Gasteiger partial charge in [-0.2, -0.15) is 0 Å². The molecule has 2 saturated carbocycles. The van der Waals surface area contributed by atoms with Crippen LogP contribution < -0.4 is 11.1 Å². The minimum absolute atomic E-state index is 0.0115. The lowest BCUT2D eigenvalue weighted by Gasteiger charge is -2.27. The highest BCUT2D eigenvalue weighted by Gasteiger charge is 2.49. The summed E-state index contributed by atoms with van der Waals surface area (Å²) in [6, 6.07) is 6.14. The molecule has 0 heterocycles. The molecule has 0 aliphatic heterocycles. The molecule has 0 radical (unpaired) electrons. The van der Waals surface area contributed by atoms with Gasteiger partial charge in [0.2, 0.25) is 5.91 Å². The van der Waals surface area contributed by atoms with Gasteiger partial charge in [0.15, 0.2) is 0 Å². The van der Waals surface area contributed by atoms with Crippen molar-refractivity contribution in [1.82, 2.24) is 0 Å². The maximum Gasteiger partial charge on any atom is 0.229 e. The van der Waals surface area contributed by atoms with Crippen molar-refractivity contribution >= 4 is 34.2 Å². The number of anilines is 1. The molecule has 102 valence electrons. The van der Waals surface area contributed by atoms with E-state index in [0.717, 1.165) is 17.7 Å². The monoisotopic (exact) mass is 370 g/mol. The predicted octanol–water partition coefficient (Wildman–Crippen LogP) is 2.91. The lowest BCUT2D eigenvalue weighted by atomic mass is 9.84. The number of halogens is 1. The molecule has 3 nitrogen and oxygen atoms in total. The standard InChI is InChI=1S/C15H19IN2O/c1-8-6-11(16)4-5-12(8)18-15(19)13-9-2-3-10(7-9)14(13)17/h4-6,9-10,13-14H,2-3,7,17H2,1H3,(H,18,19). The van der Waals surface area contributed by atoms with Gasteiger partial charge in [-0.15, -0.1) is 0 Å². The summed E-state index contributed by atoms with van der Waals surface area (Å²) in [6.45, 7) is 2.03. The molecule has 0 spiro atoms. The van der Waals surface area contributed by atoms with E-state index < -0.39 is 0 Å². The minimum atomic E-state index is 0.0115. The number of hydrogen-bond donors (Lipinski definition) is 2. The second-order valence-corrected chi connectivity index (χ2v) is 7.13. The van der Waals surface area contributed by atoms with Crippen molar-refractivity contribution in [2.45, 2.75) is 32.2 Å². The third kappa shape index (κ3) is 2.40. The zero-order chi connectivity index (χ0) is 13.6. The first-order valence-corrected chi connectivity index (χ1v) is 7.96. The Kier molecular flexibility index (Phi) is 3.55. The predicted molar refractivity (Wildman–Crippen MR) is 84.8 cm³/mol. The minimum Gasteiger partial charge on any atom is -0.327 e. The number of amides is 1. The second kappa shape index (κ2) is 5.05. The first kappa shape index (κ1) is 13.4. The molecule has 2 bridgehead atoms. The van der Waals surface area contributed by atoms with E-state index in [1.165, 1.54) is 16.4 Å². The van der Waals surface area contributed by atoms with E-state index in [-0.39, 0.29) is 17.9 Å². The van der Waals surface area contributed by atoms with Gasteiger partial charge in [-0.25, -0.2) is 0 Å². The molecule has 0 saturated heterocycles. The van der Waals surface area contributed by atoms with Gasteiger partial charge in [0.1, 0.15) is 0 Å². The van der Waals surface area contributed by atoms with Gasteiger partial charge in [0.25, 0.3) is 0 Å². The topological polar surface area (TPSA) is 55.1 Å². The van der Waals surface area contributed by atoms with Crippen molar-refractivity contribution in [3.63, 3.8) is 0 Å². The summed E-state index contributed by atoms with van der Waals surface area (Å²) in [5.41, 5.74) is 8.24. The summed E-state index contributed by atoms with van der Waals surface area (Å²) in [7, 11) is 0. The first-order chi connectivity index (χ1) is 9.06. The Bertz CT molecular complexity index is 515. The molecular weight excluding hydrogens is 351 g/mol. The quantitative estimate of drug-likeness (QED) is 0.787. The molecular formula is C15H19IN2O. The number of nitrogens with one attached hydrogen (secondary N) is 1. The smallest absolute Gasteiger partial charge is 0.229 e. The SMILES string of the molecule is Cc1cc(I)ccc1NC(=O)C1C2CCC(C2)C1N.